The second-order valence-electron chi connectivity index (χ2n) is 7.56. The van der Waals surface area contributed by atoms with Crippen LogP contribution in [0, 0.1) is 0 Å². The first kappa shape index (κ1) is 23.8. The minimum Gasteiger partial charge on any atom is -0.487 e. The van der Waals surface area contributed by atoms with E-state index in [1.807, 2.05) is 79.7 Å². The van der Waals surface area contributed by atoms with Crippen molar-refractivity contribution < 1.29 is 19.1 Å². The van der Waals surface area contributed by atoms with Crippen LogP contribution in [0.3, 0.4) is 0 Å². The number of carbonyl (C=O) groups excluding carboxylic acids is 2. The molecule has 0 saturated heterocycles. The summed E-state index contributed by atoms with van der Waals surface area (Å²) in [5.74, 6) is 0.638. The molecule has 172 valence electrons. The van der Waals surface area contributed by atoms with Gasteiger partial charge >= 0.3 is 6.09 Å². The maximum absolute atomic E-state index is 12.3. The third kappa shape index (κ3) is 8.65. The molecular formula is C26H29N3O4. The fourth-order valence-corrected chi connectivity index (χ4v) is 3.12. The van der Waals surface area contributed by atoms with Gasteiger partial charge in [-0.05, 0) is 48.7 Å². The Kier molecular flexibility index (Phi) is 9.27. The molecule has 0 fully saturated rings. The maximum atomic E-state index is 12.3. The van der Waals surface area contributed by atoms with Gasteiger partial charge in [-0.2, -0.15) is 0 Å². The van der Waals surface area contributed by atoms with E-state index in [2.05, 4.69) is 15.6 Å². The Bertz CT molecular complexity index is 1010. The molecule has 1 unspecified atom stereocenters. The number of pyridine rings is 1. The summed E-state index contributed by atoms with van der Waals surface area (Å²) in [7, 11) is 0. The Morgan fingerprint density at radius 2 is 1.79 bits per heavy atom. The normalized spacial score (nSPS) is 11.3. The lowest BCUT2D eigenvalue weighted by atomic mass is 10.1. The van der Waals surface area contributed by atoms with Crippen LogP contribution in [0.15, 0.2) is 79.0 Å². The van der Waals surface area contributed by atoms with Gasteiger partial charge in [0.15, 0.2) is 0 Å². The second-order valence-corrected chi connectivity index (χ2v) is 7.56. The van der Waals surface area contributed by atoms with E-state index in [9.17, 15) is 9.59 Å². The van der Waals surface area contributed by atoms with Gasteiger partial charge in [0.25, 0.3) is 0 Å². The van der Waals surface area contributed by atoms with Crippen molar-refractivity contribution in [1.82, 2.24) is 15.6 Å². The number of benzene rings is 2. The van der Waals surface area contributed by atoms with Crippen LogP contribution in [0.5, 0.6) is 5.75 Å². The van der Waals surface area contributed by atoms with Gasteiger partial charge in [0.2, 0.25) is 5.91 Å². The lowest BCUT2D eigenvalue weighted by molar-refractivity contribution is -0.121. The molecule has 2 amide bonds. The van der Waals surface area contributed by atoms with Crippen molar-refractivity contribution in [1.29, 1.82) is 0 Å². The van der Waals surface area contributed by atoms with Crippen molar-refractivity contribution in [3.8, 4) is 5.75 Å². The van der Waals surface area contributed by atoms with Crippen molar-refractivity contribution in [3.05, 3.63) is 95.8 Å². The van der Waals surface area contributed by atoms with Gasteiger partial charge < -0.3 is 20.1 Å². The van der Waals surface area contributed by atoms with Gasteiger partial charge in [-0.1, -0.05) is 48.5 Å². The van der Waals surface area contributed by atoms with Gasteiger partial charge in [-0.15, -0.1) is 0 Å². The molecule has 7 nitrogen and oxygen atoms in total. The Labute approximate surface area is 194 Å². The fourth-order valence-electron chi connectivity index (χ4n) is 3.12. The van der Waals surface area contributed by atoms with Crippen molar-refractivity contribution in [2.75, 3.05) is 6.54 Å². The molecule has 0 aliphatic rings. The minimum absolute atomic E-state index is 0.0817. The molecule has 0 spiro atoms. The Morgan fingerprint density at radius 3 is 2.58 bits per heavy atom. The quantitative estimate of drug-likeness (QED) is 0.421. The number of amides is 2. The SMILES string of the molecule is CC(NC(=O)CCCNC(=O)OCc1ccccc1)c1cccc(OCc2ccccn2)c1. The average molecular weight is 448 g/mol. The molecule has 7 heteroatoms. The molecule has 1 heterocycles. The highest BCUT2D eigenvalue weighted by atomic mass is 16.5. The highest BCUT2D eigenvalue weighted by Crippen LogP contribution is 2.20. The molecule has 3 rings (SSSR count). The lowest BCUT2D eigenvalue weighted by Gasteiger charge is -2.16. The van der Waals surface area contributed by atoms with Gasteiger partial charge in [0.1, 0.15) is 19.0 Å². The van der Waals surface area contributed by atoms with Crippen LogP contribution in [0.2, 0.25) is 0 Å². The molecule has 1 aromatic heterocycles. The van der Waals surface area contributed by atoms with Crippen molar-refractivity contribution in [2.45, 2.75) is 39.0 Å². The smallest absolute Gasteiger partial charge is 0.407 e. The molecule has 0 radical (unpaired) electrons. The highest BCUT2D eigenvalue weighted by molar-refractivity contribution is 5.76. The first-order chi connectivity index (χ1) is 16.1. The van der Waals surface area contributed by atoms with Crippen LogP contribution >= 0.6 is 0 Å². The molecule has 0 saturated carbocycles. The van der Waals surface area contributed by atoms with Crippen molar-refractivity contribution in [2.24, 2.45) is 0 Å². The van der Waals surface area contributed by atoms with Gasteiger partial charge in [-0.3, -0.25) is 9.78 Å². The monoisotopic (exact) mass is 447 g/mol. The Balaban J connectivity index is 1.34. The number of carbonyl (C=O) groups is 2. The average Bonchev–Trinajstić information content (AvgIpc) is 2.85. The lowest BCUT2D eigenvalue weighted by Crippen LogP contribution is -2.29. The third-order valence-corrected chi connectivity index (χ3v) is 4.91. The van der Waals surface area contributed by atoms with Gasteiger partial charge in [0.05, 0.1) is 11.7 Å². The number of hydrogen-bond acceptors (Lipinski definition) is 5. The molecule has 0 aliphatic heterocycles. The zero-order chi connectivity index (χ0) is 23.3. The molecular weight excluding hydrogens is 418 g/mol. The standard InChI is InChI=1S/C26H29N3O4/c1-20(22-11-7-13-24(17-22)32-19-23-12-5-6-15-27-23)29-25(30)14-8-16-28-26(31)33-18-21-9-3-2-4-10-21/h2-7,9-13,15,17,20H,8,14,16,18-19H2,1H3,(H,28,31)(H,29,30). The van der Waals surface area contributed by atoms with E-state index in [4.69, 9.17) is 9.47 Å². The molecule has 1 atom stereocenters. The number of nitrogens with zero attached hydrogens (tertiary/aromatic N) is 1. The third-order valence-electron chi connectivity index (χ3n) is 4.91. The summed E-state index contributed by atoms with van der Waals surface area (Å²) in [6.07, 6.45) is 2.07. The number of alkyl carbamates (subject to hydrolysis) is 1. The Morgan fingerprint density at radius 1 is 0.970 bits per heavy atom. The topological polar surface area (TPSA) is 89.6 Å². The summed E-state index contributed by atoms with van der Waals surface area (Å²) in [5.41, 5.74) is 2.72. The van der Waals surface area contributed by atoms with Crippen LogP contribution in [0.4, 0.5) is 4.79 Å². The highest BCUT2D eigenvalue weighted by Gasteiger charge is 2.11. The fraction of sp³-hybridized carbons (Fsp3) is 0.269. The zero-order valence-electron chi connectivity index (χ0n) is 18.7. The number of rotatable bonds is 11. The second kappa shape index (κ2) is 12.9. The van der Waals surface area contributed by atoms with Crippen LogP contribution in [-0.2, 0) is 22.7 Å². The zero-order valence-corrected chi connectivity index (χ0v) is 18.7. The predicted octanol–water partition coefficient (Wildman–Crippen LogP) is 4.54. The number of hydrogen-bond donors (Lipinski definition) is 2. The molecule has 33 heavy (non-hydrogen) atoms. The Hall–Kier alpha value is -3.87. The maximum Gasteiger partial charge on any atom is 0.407 e. The number of ether oxygens (including phenoxy) is 2. The molecule has 0 bridgehead atoms. The predicted molar refractivity (Wildman–Crippen MR) is 125 cm³/mol. The minimum atomic E-state index is -0.491. The van der Waals surface area contributed by atoms with Crippen LogP contribution in [0.1, 0.15) is 42.6 Å². The summed E-state index contributed by atoms with van der Waals surface area (Å²) >= 11 is 0. The van der Waals surface area contributed by atoms with Gasteiger partial charge in [-0.25, -0.2) is 4.79 Å². The first-order valence-electron chi connectivity index (χ1n) is 11.0. The largest absolute Gasteiger partial charge is 0.487 e. The summed E-state index contributed by atoms with van der Waals surface area (Å²) in [6.45, 7) is 2.89. The van der Waals surface area contributed by atoms with E-state index in [1.54, 1.807) is 6.20 Å². The summed E-state index contributed by atoms with van der Waals surface area (Å²) in [4.78, 5) is 28.3. The van der Waals surface area contributed by atoms with Crippen LogP contribution in [-0.4, -0.2) is 23.5 Å². The number of aromatic nitrogens is 1. The summed E-state index contributed by atoms with van der Waals surface area (Å²) < 4.78 is 11.0. The van der Waals surface area contributed by atoms with Gasteiger partial charge in [0, 0.05) is 19.2 Å². The van der Waals surface area contributed by atoms with E-state index in [0.717, 1.165) is 22.6 Å². The van der Waals surface area contributed by atoms with Crippen LogP contribution < -0.4 is 15.4 Å². The van der Waals surface area contributed by atoms with Crippen molar-refractivity contribution >= 4 is 12.0 Å². The van der Waals surface area contributed by atoms with E-state index < -0.39 is 6.09 Å². The first-order valence-corrected chi connectivity index (χ1v) is 11.0. The van der Waals surface area contributed by atoms with E-state index >= 15 is 0 Å². The number of nitrogens with one attached hydrogen (secondary N) is 2. The van der Waals surface area contributed by atoms with E-state index in [-0.39, 0.29) is 18.6 Å². The molecule has 0 aliphatic carbocycles. The molecule has 2 N–H and O–H groups in total. The summed E-state index contributed by atoms with van der Waals surface area (Å²) in [5, 5.41) is 5.65. The van der Waals surface area contributed by atoms with E-state index in [0.29, 0.717) is 26.0 Å². The molecule has 2 aromatic carbocycles. The van der Waals surface area contributed by atoms with Crippen LogP contribution in [0.25, 0.3) is 0 Å². The molecule has 3 aromatic rings. The van der Waals surface area contributed by atoms with Crippen molar-refractivity contribution in [3.63, 3.8) is 0 Å². The van der Waals surface area contributed by atoms with E-state index in [1.165, 1.54) is 0 Å². The summed E-state index contributed by atoms with van der Waals surface area (Å²) in [6, 6.07) is 22.6.